The van der Waals surface area contributed by atoms with E-state index in [2.05, 4.69) is 0 Å². The second-order valence-corrected chi connectivity index (χ2v) is 2.22. The first-order valence-electron chi connectivity index (χ1n) is 0.983. The summed E-state index contributed by atoms with van der Waals surface area (Å²) in [5.74, 6) is 0. The molecule has 0 amide bonds. The van der Waals surface area contributed by atoms with Gasteiger partial charge < -0.3 is 28.5 Å². The van der Waals surface area contributed by atoms with Gasteiger partial charge in [0.05, 0.1) is 12.5 Å². The number of rotatable bonds is 0. The first-order chi connectivity index (χ1) is 1.73. The molecule has 0 atom stereocenters. The van der Waals surface area contributed by atoms with Gasteiger partial charge in [0.1, 0.15) is 0 Å². The molecule has 6 heavy (non-hydrogen) atoms. The predicted octanol–water partition coefficient (Wildman–Crippen LogP) is -6.00. The van der Waals surface area contributed by atoms with Gasteiger partial charge in [-0.15, -0.1) is 0 Å². The van der Waals surface area contributed by atoms with Crippen molar-refractivity contribution in [3.63, 3.8) is 0 Å². The fourth-order valence-corrected chi connectivity index (χ4v) is 0. The summed E-state index contributed by atoms with van der Waals surface area (Å²) in [4.78, 5) is 0. The van der Waals surface area contributed by atoms with Gasteiger partial charge in [0.2, 0.25) is 0 Å². The van der Waals surface area contributed by atoms with Crippen molar-refractivity contribution < 1.29 is 58.1 Å². The van der Waals surface area contributed by atoms with Gasteiger partial charge in [0.15, 0.2) is 0 Å². The van der Waals surface area contributed by atoms with Crippen LogP contribution in [0.3, 0.4) is 0 Å². The molecule has 0 aliphatic heterocycles. The standard InChI is InChI=1S/C2H6OS.HI.Na/c1-4(2)3;;/h1-2H3;1H;/q;;+1/p-1. The molecule has 0 aromatic heterocycles. The van der Waals surface area contributed by atoms with Crippen LogP contribution in [0.15, 0.2) is 0 Å². The van der Waals surface area contributed by atoms with Crippen LogP contribution in [0.25, 0.3) is 0 Å². The van der Waals surface area contributed by atoms with Gasteiger partial charge in [-0.1, -0.05) is 11.2 Å². The molecule has 0 saturated carbocycles. The van der Waals surface area contributed by atoms with Crippen LogP contribution in [0.5, 0.6) is 0 Å². The zero-order valence-corrected chi connectivity index (χ0v) is 9.17. The topological polar surface area (TPSA) is 23.1 Å². The van der Waals surface area contributed by atoms with Crippen molar-refractivity contribution in [3.8, 4) is 0 Å². The van der Waals surface area contributed by atoms with E-state index >= 15 is 0 Å². The molecule has 1 nitrogen and oxygen atoms in total. The Kier molecular flexibility index (Phi) is 26.4. The van der Waals surface area contributed by atoms with Crippen molar-refractivity contribution in [2.45, 2.75) is 0 Å². The average molecular weight is 228 g/mol. The van der Waals surface area contributed by atoms with E-state index in [0.717, 1.165) is 0 Å². The summed E-state index contributed by atoms with van der Waals surface area (Å²) in [5.41, 5.74) is 0. The number of hydrogen-bond acceptors (Lipinski definition) is 1. The van der Waals surface area contributed by atoms with E-state index in [0.29, 0.717) is 0 Å². The van der Waals surface area contributed by atoms with Crippen LogP contribution in [-0.2, 0) is 11.2 Å². The molecule has 0 fully saturated rings. The zero-order chi connectivity index (χ0) is 3.58. The van der Waals surface area contributed by atoms with Gasteiger partial charge in [-0.3, -0.25) is 0 Å². The number of halogens is 1. The Bertz CT molecular complexity index is 18.3. The monoisotopic (exact) mass is 228 g/mol. The molecule has 34 valence electrons. The summed E-state index contributed by atoms with van der Waals surface area (Å²) in [7, 11) is 0. The Morgan fingerprint density at radius 1 is 1.33 bits per heavy atom. The Morgan fingerprint density at radius 3 is 1.33 bits per heavy atom. The summed E-state index contributed by atoms with van der Waals surface area (Å²) in [6, 6.07) is 0. The molecule has 0 radical (unpaired) electrons. The molecule has 0 spiro atoms. The molecular formula is C2H6INaOS. The van der Waals surface area contributed by atoms with Gasteiger partial charge in [0.25, 0.3) is 0 Å². The van der Waals surface area contributed by atoms with E-state index in [1.165, 1.54) is 0 Å². The first kappa shape index (κ1) is 15.7. The van der Waals surface area contributed by atoms with E-state index in [-0.39, 0.29) is 53.5 Å². The minimum atomic E-state index is -0.611. The quantitative estimate of drug-likeness (QED) is 0.230. The second kappa shape index (κ2) is 10.1. The zero-order valence-electron chi connectivity index (χ0n) is 4.19. The fourth-order valence-electron chi connectivity index (χ4n) is 0. The van der Waals surface area contributed by atoms with E-state index < -0.39 is 11.2 Å². The summed E-state index contributed by atoms with van der Waals surface area (Å²) in [6.45, 7) is 0. The SMILES string of the molecule is C[S+](C)[O-].[I-].[Na+]. The molecule has 0 unspecified atom stereocenters. The normalized spacial score (nSPS) is 6.00. The molecule has 0 N–H and O–H groups in total. The maximum absolute atomic E-state index is 9.56. The van der Waals surface area contributed by atoms with Gasteiger partial charge in [-0.2, -0.15) is 0 Å². The molecule has 0 bridgehead atoms. The van der Waals surface area contributed by atoms with Crippen LogP contribution >= 0.6 is 0 Å². The molecule has 0 aromatic rings. The Balaban J connectivity index is -0.0000000450. The molecule has 0 aliphatic carbocycles. The third-order valence-electron chi connectivity index (χ3n) is 0. The van der Waals surface area contributed by atoms with E-state index in [1.807, 2.05) is 0 Å². The third kappa shape index (κ3) is 36.9. The van der Waals surface area contributed by atoms with Gasteiger partial charge in [-0.05, 0) is 0 Å². The molecule has 0 aliphatic rings. The second-order valence-electron chi connectivity index (χ2n) is 0.742. The maximum Gasteiger partial charge on any atom is 1.00 e. The van der Waals surface area contributed by atoms with Crippen LogP contribution < -0.4 is 53.5 Å². The average Bonchev–Trinajstić information content (AvgIpc) is 0.811. The van der Waals surface area contributed by atoms with Crippen LogP contribution in [0.2, 0.25) is 0 Å². The van der Waals surface area contributed by atoms with Crippen molar-refractivity contribution >= 4 is 11.2 Å². The minimum absolute atomic E-state index is 0. The van der Waals surface area contributed by atoms with Crippen LogP contribution in [0.4, 0.5) is 0 Å². The Hall–Kier alpha value is 2.04. The van der Waals surface area contributed by atoms with Gasteiger partial charge in [0, 0.05) is 0 Å². The van der Waals surface area contributed by atoms with Crippen molar-refractivity contribution in [2.24, 2.45) is 0 Å². The first-order valence-corrected chi connectivity index (χ1v) is 2.95. The van der Waals surface area contributed by atoms with E-state index in [1.54, 1.807) is 12.5 Å². The molecule has 0 heterocycles. The molecule has 0 aromatic carbocycles. The van der Waals surface area contributed by atoms with Crippen molar-refractivity contribution in [1.29, 1.82) is 0 Å². The fraction of sp³-hybridized carbons (Fsp3) is 1.00. The summed E-state index contributed by atoms with van der Waals surface area (Å²) >= 11 is -0.611. The minimum Gasteiger partial charge on any atom is -1.00 e. The maximum atomic E-state index is 9.56. The van der Waals surface area contributed by atoms with E-state index in [4.69, 9.17) is 0 Å². The largest absolute Gasteiger partial charge is 1.00 e. The summed E-state index contributed by atoms with van der Waals surface area (Å²) in [6.07, 6.45) is 3.28. The molecule has 4 heteroatoms. The molecular weight excluding hydrogens is 222 g/mol. The third-order valence-corrected chi connectivity index (χ3v) is 0. The summed E-state index contributed by atoms with van der Waals surface area (Å²) < 4.78 is 9.56. The number of hydrogen-bond donors (Lipinski definition) is 0. The Morgan fingerprint density at radius 2 is 1.33 bits per heavy atom. The van der Waals surface area contributed by atoms with Crippen LogP contribution in [0.1, 0.15) is 0 Å². The molecule has 0 saturated heterocycles. The Labute approximate surface area is 80.8 Å². The van der Waals surface area contributed by atoms with Crippen LogP contribution in [0, 0.1) is 0 Å². The smallest absolute Gasteiger partial charge is 1.00 e. The van der Waals surface area contributed by atoms with Crippen LogP contribution in [-0.4, -0.2) is 17.1 Å². The van der Waals surface area contributed by atoms with Gasteiger partial charge >= 0.3 is 29.6 Å². The molecule has 0 rings (SSSR count). The van der Waals surface area contributed by atoms with E-state index in [9.17, 15) is 4.55 Å². The predicted molar refractivity (Wildman–Crippen MR) is 20.0 cm³/mol. The summed E-state index contributed by atoms with van der Waals surface area (Å²) in [5, 5.41) is 0. The van der Waals surface area contributed by atoms with Crippen molar-refractivity contribution in [2.75, 3.05) is 12.5 Å². The van der Waals surface area contributed by atoms with Crippen molar-refractivity contribution in [1.82, 2.24) is 0 Å². The van der Waals surface area contributed by atoms with Crippen molar-refractivity contribution in [3.05, 3.63) is 0 Å². The van der Waals surface area contributed by atoms with Gasteiger partial charge in [-0.25, -0.2) is 0 Å².